The van der Waals surface area contributed by atoms with Gasteiger partial charge in [0.25, 0.3) is 0 Å². The molecule has 0 bridgehead atoms. The van der Waals surface area contributed by atoms with Gasteiger partial charge >= 0.3 is 0 Å². The number of nitrogens with zero attached hydrogens (tertiary/aromatic N) is 3. The molecule has 1 aromatic rings. The van der Waals surface area contributed by atoms with E-state index in [-0.39, 0.29) is 0 Å². The highest BCUT2D eigenvalue weighted by atomic mass is 15.2. The number of anilines is 2. The number of unbranched alkanes of at least 4 members (excludes halogenated alkanes) is 2. The van der Waals surface area contributed by atoms with E-state index < -0.39 is 0 Å². The number of aromatic nitrogens is 3. The average molecular weight is 209 g/mol. The van der Waals surface area contributed by atoms with Crippen LogP contribution in [0.3, 0.4) is 0 Å². The van der Waals surface area contributed by atoms with Gasteiger partial charge in [0, 0.05) is 13.6 Å². The van der Waals surface area contributed by atoms with E-state index >= 15 is 0 Å². The molecule has 5 nitrogen and oxygen atoms in total. The second-order valence-corrected chi connectivity index (χ2v) is 3.41. The van der Waals surface area contributed by atoms with E-state index in [1.165, 1.54) is 12.8 Å². The van der Waals surface area contributed by atoms with Crippen molar-refractivity contribution in [3.63, 3.8) is 0 Å². The summed E-state index contributed by atoms with van der Waals surface area (Å²) in [5.41, 5.74) is 0. The average Bonchev–Trinajstić information content (AvgIpc) is 2.23. The van der Waals surface area contributed by atoms with Gasteiger partial charge in [-0.1, -0.05) is 19.8 Å². The quantitative estimate of drug-likeness (QED) is 0.700. The van der Waals surface area contributed by atoms with E-state index in [4.69, 9.17) is 0 Å². The zero-order chi connectivity index (χ0) is 11.1. The molecule has 0 saturated heterocycles. The van der Waals surface area contributed by atoms with Crippen LogP contribution in [-0.4, -0.2) is 28.5 Å². The summed E-state index contributed by atoms with van der Waals surface area (Å²) in [4.78, 5) is 12.5. The summed E-state index contributed by atoms with van der Waals surface area (Å²) in [6.07, 6.45) is 3.60. The van der Waals surface area contributed by atoms with Gasteiger partial charge in [-0.2, -0.15) is 15.0 Å². The van der Waals surface area contributed by atoms with Crippen molar-refractivity contribution in [2.75, 3.05) is 24.2 Å². The highest BCUT2D eigenvalue weighted by Crippen LogP contribution is 2.04. The standard InChI is InChI=1S/C10H19N5/c1-4-5-6-7-12-10-14-8(2)13-9(11-3)15-10/h4-7H2,1-3H3,(H2,11,12,13,14,15). The summed E-state index contributed by atoms with van der Waals surface area (Å²) in [5.74, 6) is 2.00. The summed E-state index contributed by atoms with van der Waals surface area (Å²) in [7, 11) is 1.80. The van der Waals surface area contributed by atoms with Crippen molar-refractivity contribution in [1.82, 2.24) is 15.0 Å². The maximum absolute atomic E-state index is 4.21. The van der Waals surface area contributed by atoms with Crippen LogP contribution >= 0.6 is 0 Å². The molecule has 0 radical (unpaired) electrons. The van der Waals surface area contributed by atoms with Gasteiger partial charge in [0.15, 0.2) is 0 Å². The van der Waals surface area contributed by atoms with Crippen LogP contribution in [0.4, 0.5) is 11.9 Å². The molecule has 0 fully saturated rings. The van der Waals surface area contributed by atoms with Crippen LogP contribution in [-0.2, 0) is 0 Å². The molecule has 0 saturated carbocycles. The topological polar surface area (TPSA) is 62.7 Å². The van der Waals surface area contributed by atoms with E-state index in [9.17, 15) is 0 Å². The number of rotatable bonds is 6. The first kappa shape index (κ1) is 11.7. The number of hydrogen-bond acceptors (Lipinski definition) is 5. The summed E-state index contributed by atoms with van der Waals surface area (Å²) < 4.78 is 0. The minimum Gasteiger partial charge on any atom is -0.357 e. The SMILES string of the molecule is CCCCCNc1nc(C)nc(NC)n1. The molecule has 1 rings (SSSR count). The molecule has 0 aromatic carbocycles. The fraction of sp³-hybridized carbons (Fsp3) is 0.700. The molecule has 0 aliphatic carbocycles. The van der Waals surface area contributed by atoms with Crippen molar-refractivity contribution in [3.8, 4) is 0 Å². The second kappa shape index (κ2) is 6.16. The predicted molar refractivity (Wildman–Crippen MR) is 62.1 cm³/mol. The van der Waals surface area contributed by atoms with Crippen LogP contribution in [0.25, 0.3) is 0 Å². The molecule has 15 heavy (non-hydrogen) atoms. The lowest BCUT2D eigenvalue weighted by atomic mass is 10.2. The Labute approximate surface area is 90.7 Å². The van der Waals surface area contributed by atoms with Crippen LogP contribution in [0.2, 0.25) is 0 Å². The summed E-state index contributed by atoms with van der Waals surface area (Å²) in [6.45, 7) is 4.96. The molecule has 84 valence electrons. The van der Waals surface area contributed by atoms with Crippen LogP contribution in [0, 0.1) is 6.92 Å². The lowest BCUT2D eigenvalue weighted by molar-refractivity contribution is 0.739. The van der Waals surface area contributed by atoms with Gasteiger partial charge in [-0.25, -0.2) is 0 Å². The van der Waals surface area contributed by atoms with E-state index in [2.05, 4.69) is 32.5 Å². The Bertz CT molecular complexity index is 300. The largest absolute Gasteiger partial charge is 0.357 e. The smallest absolute Gasteiger partial charge is 0.227 e. The zero-order valence-corrected chi connectivity index (χ0v) is 9.67. The molecule has 0 atom stereocenters. The molecule has 1 heterocycles. The second-order valence-electron chi connectivity index (χ2n) is 3.41. The third-order valence-corrected chi connectivity index (χ3v) is 2.03. The van der Waals surface area contributed by atoms with E-state index in [0.29, 0.717) is 11.9 Å². The first-order chi connectivity index (χ1) is 7.26. The lowest BCUT2D eigenvalue weighted by Gasteiger charge is -2.06. The maximum atomic E-state index is 4.21. The predicted octanol–water partition coefficient (Wildman–Crippen LogP) is 1.82. The molecule has 0 aliphatic rings. The number of hydrogen-bond donors (Lipinski definition) is 2. The molecule has 1 aromatic heterocycles. The van der Waals surface area contributed by atoms with Gasteiger partial charge in [0.2, 0.25) is 11.9 Å². The van der Waals surface area contributed by atoms with Gasteiger partial charge in [-0.15, -0.1) is 0 Å². The maximum Gasteiger partial charge on any atom is 0.227 e. The van der Waals surface area contributed by atoms with E-state index in [1.54, 1.807) is 7.05 Å². The molecular formula is C10H19N5. The van der Waals surface area contributed by atoms with Gasteiger partial charge < -0.3 is 10.6 Å². The van der Waals surface area contributed by atoms with Crippen LogP contribution < -0.4 is 10.6 Å². The first-order valence-electron chi connectivity index (χ1n) is 5.40. The molecular weight excluding hydrogens is 190 g/mol. The summed E-state index contributed by atoms with van der Waals surface area (Å²) >= 11 is 0. The van der Waals surface area contributed by atoms with Crippen LogP contribution in [0.1, 0.15) is 32.0 Å². The Morgan fingerprint density at radius 1 is 1.07 bits per heavy atom. The van der Waals surface area contributed by atoms with Crippen molar-refractivity contribution < 1.29 is 0 Å². The Morgan fingerprint density at radius 2 is 1.80 bits per heavy atom. The Balaban J connectivity index is 2.49. The molecule has 0 spiro atoms. The van der Waals surface area contributed by atoms with Crippen molar-refractivity contribution in [3.05, 3.63) is 5.82 Å². The van der Waals surface area contributed by atoms with Crippen LogP contribution in [0.5, 0.6) is 0 Å². The minimum atomic E-state index is 0.612. The van der Waals surface area contributed by atoms with Crippen molar-refractivity contribution in [2.24, 2.45) is 0 Å². The third-order valence-electron chi connectivity index (χ3n) is 2.03. The lowest BCUT2D eigenvalue weighted by Crippen LogP contribution is -2.09. The highest BCUT2D eigenvalue weighted by molar-refractivity contribution is 5.33. The Morgan fingerprint density at radius 3 is 2.47 bits per heavy atom. The normalized spacial score (nSPS) is 10.1. The number of aryl methyl sites for hydroxylation is 1. The first-order valence-corrected chi connectivity index (χ1v) is 5.40. The van der Waals surface area contributed by atoms with Gasteiger partial charge in [0.05, 0.1) is 0 Å². The van der Waals surface area contributed by atoms with Gasteiger partial charge in [-0.3, -0.25) is 0 Å². The number of nitrogens with one attached hydrogen (secondary N) is 2. The molecule has 0 aliphatic heterocycles. The molecule has 5 heteroatoms. The van der Waals surface area contributed by atoms with Gasteiger partial charge in [-0.05, 0) is 13.3 Å². The third kappa shape index (κ3) is 4.10. The van der Waals surface area contributed by atoms with Crippen molar-refractivity contribution in [2.45, 2.75) is 33.1 Å². The summed E-state index contributed by atoms with van der Waals surface area (Å²) in [5, 5.41) is 6.10. The van der Waals surface area contributed by atoms with Crippen LogP contribution in [0.15, 0.2) is 0 Å². The molecule has 2 N–H and O–H groups in total. The minimum absolute atomic E-state index is 0.612. The monoisotopic (exact) mass is 209 g/mol. The Hall–Kier alpha value is -1.39. The van der Waals surface area contributed by atoms with Gasteiger partial charge in [0.1, 0.15) is 5.82 Å². The molecule has 0 unspecified atom stereocenters. The fourth-order valence-corrected chi connectivity index (χ4v) is 1.25. The van der Waals surface area contributed by atoms with Crippen molar-refractivity contribution >= 4 is 11.9 Å². The summed E-state index contributed by atoms with van der Waals surface area (Å²) in [6, 6.07) is 0. The Kier molecular flexibility index (Phi) is 4.80. The fourth-order valence-electron chi connectivity index (χ4n) is 1.25. The highest BCUT2D eigenvalue weighted by Gasteiger charge is 2.00. The van der Waals surface area contributed by atoms with Crippen molar-refractivity contribution in [1.29, 1.82) is 0 Å². The molecule has 0 amide bonds. The zero-order valence-electron chi connectivity index (χ0n) is 9.67. The van der Waals surface area contributed by atoms with E-state index in [0.717, 1.165) is 18.8 Å². The van der Waals surface area contributed by atoms with E-state index in [1.807, 2.05) is 6.92 Å².